The van der Waals surface area contributed by atoms with Gasteiger partial charge in [-0.3, -0.25) is 0 Å². The number of hydrogen-bond donors (Lipinski definition) is 2. The van der Waals surface area contributed by atoms with Crippen LogP contribution in [0.15, 0.2) is 60.7 Å². The highest BCUT2D eigenvalue weighted by Crippen LogP contribution is 2.36. The molecule has 0 radical (unpaired) electrons. The molecule has 190 valence electrons. The second-order valence-corrected chi connectivity index (χ2v) is 10.2. The van der Waals surface area contributed by atoms with Crippen LogP contribution in [-0.4, -0.2) is 22.2 Å². The van der Waals surface area contributed by atoms with Crippen molar-refractivity contribution in [2.45, 2.75) is 72.6 Å². The summed E-state index contributed by atoms with van der Waals surface area (Å²) < 4.78 is 10.3. The highest BCUT2D eigenvalue weighted by molar-refractivity contribution is 5.89. The van der Waals surface area contributed by atoms with E-state index < -0.39 is 11.9 Å². The maximum absolute atomic E-state index is 11.4. The lowest BCUT2D eigenvalue weighted by Gasteiger charge is -2.24. The number of carbonyl (C=O) groups excluding carboxylic acids is 2. The third-order valence-corrected chi connectivity index (χ3v) is 5.48. The van der Waals surface area contributed by atoms with Gasteiger partial charge in [0.2, 0.25) is 0 Å². The van der Waals surface area contributed by atoms with Crippen molar-refractivity contribution in [1.82, 2.24) is 0 Å². The maximum Gasteiger partial charge on any atom is 0.338 e. The molecule has 0 aromatic heterocycles. The van der Waals surface area contributed by atoms with E-state index in [2.05, 4.69) is 13.2 Å². The zero-order valence-corrected chi connectivity index (χ0v) is 22.1. The Hall–Kier alpha value is -3.54. The van der Waals surface area contributed by atoms with Crippen molar-refractivity contribution >= 4 is 11.9 Å². The number of esters is 2. The largest absolute Gasteiger partial charge is 0.508 e. The summed E-state index contributed by atoms with van der Waals surface area (Å²) in [4.78, 5) is 22.8. The Bertz CT molecular complexity index is 1100. The average Bonchev–Trinajstić information content (AvgIpc) is 2.75. The van der Waals surface area contributed by atoms with Crippen LogP contribution in [0.25, 0.3) is 0 Å². The van der Waals surface area contributed by atoms with Crippen molar-refractivity contribution in [2.24, 2.45) is 0 Å². The molecule has 6 heteroatoms. The highest BCUT2D eigenvalue weighted by Gasteiger charge is 2.23. The Morgan fingerprint density at radius 2 is 1.14 bits per heavy atom. The van der Waals surface area contributed by atoms with Crippen LogP contribution in [0.2, 0.25) is 0 Å². The van der Waals surface area contributed by atoms with Gasteiger partial charge in [-0.15, -0.1) is 0 Å². The molecule has 0 fully saturated rings. The molecule has 0 heterocycles. The molecule has 2 rings (SSSR count). The maximum atomic E-state index is 11.4. The normalized spacial score (nSPS) is 11.1. The van der Waals surface area contributed by atoms with Crippen LogP contribution in [-0.2, 0) is 20.4 Å². The van der Waals surface area contributed by atoms with Gasteiger partial charge in [-0.05, 0) is 67.5 Å². The van der Waals surface area contributed by atoms with Gasteiger partial charge in [-0.1, -0.05) is 54.7 Å². The molecule has 35 heavy (non-hydrogen) atoms. The lowest BCUT2D eigenvalue weighted by atomic mass is 9.81. The molecule has 0 bridgehead atoms. The molecule has 0 saturated heterocycles. The monoisotopic (exact) mass is 482 g/mol. The van der Waals surface area contributed by atoms with Crippen LogP contribution >= 0.6 is 0 Å². The molecule has 2 aromatic carbocycles. The third kappa shape index (κ3) is 8.63. The van der Waals surface area contributed by atoms with Gasteiger partial charge in [0.05, 0.1) is 0 Å². The molecule has 0 atom stereocenters. The fraction of sp³-hybridized carbons (Fsp3) is 0.379. The standard InChI is InChI=1S/C15H20O3.C14H18O3/c1-6-15(4,5)12-9-11(7-8-13(12)16)18-14(17)10(2)3;1-9(2)13(16)17-10-6-7-12(15)11(8-10)14(3,4)5/h7-9,16H,2,6H2,1,3-5H3;6-8,15H,1H2,2-5H3. The minimum atomic E-state index is -0.462. The number of benzene rings is 2. The molecule has 0 amide bonds. The third-order valence-electron chi connectivity index (χ3n) is 5.48. The van der Waals surface area contributed by atoms with E-state index in [0.29, 0.717) is 22.6 Å². The molecule has 2 N–H and O–H groups in total. The first kappa shape index (κ1) is 29.5. The first-order chi connectivity index (χ1) is 16.0. The molecule has 0 unspecified atom stereocenters. The van der Waals surface area contributed by atoms with Crippen molar-refractivity contribution in [1.29, 1.82) is 0 Å². The summed E-state index contributed by atoms with van der Waals surface area (Å²) in [5, 5.41) is 19.6. The van der Waals surface area contributed by atoms with Crippen LogP contribution < -0.4 is 9.47 Å². The fourth-order valence-corrected chi connectivity index (χ4v) is 2.88. The van der Waals surface area contributed by atoms with Crippen molar-refractivity contribution in [2.75, 3.05) is 0 Å². The Morgan fingerprint density at radius 3 is 1.49 bits per heavy atom. The molecule has 0 aliphatic carbocycles. The van der Waals surface area contributed by atoms with Crippen molar-refractivity contribution < 1.29 is 29.3 Å². The predicted octanol–water partition coefficient (Wildman–Crippen LogP) is 6.73. The zero-order chi connectivity index (χ0) is 27.1. The van der Waals surface area contributed by atoms with E-state index in [-0.39, 0.29) is 22.3 Å². The Labute approximate surface area is 208 Å². The van der Waals surface area contributed by atoms with Crippen LogP contribution in [0.1, 0.15) is 72.9 Å². The van der Waals surface area contributed by atoms with Crippen molar-refractivity contribution in [3.63, 3.8) is 0 Å². The predicted molar refractivity (Wildman–Crippen MR) is 139 cm³/mol. The van der Waals surface area contributed by atoms with Gasteiger partial charge in [0.25, 0.3) is 0 Å². The summed E-state index contributed by atoms with van der Waals surface area (Å²) in [6, 6.07) is 9.60. The summed E-state index contributed by atoms with van der Waals surface area (Å²) in [5.74, 6) is 0.346. The van der Waals surface area contributed by atoms with E-state index in [0.717, 1.165) is 17.5 Å². The highest BCUT2D eigenvalue weighted by atomic mass is 16.5. The fourth-order valence-electron chi connectivity index (χ4n) is 2.88. The SMILES string of the molecule is C=C(C)C(=O)Oc1ccc(O)c(C(C)(C)C)c1.C=C(C)C(=O)Oc1ccc(O)c(C(C)(C)CC)c1. The second kappa shape index (κ2) is 11.7. The number of phenolic OH excluding ortho intramolecular Hbond substituents is 2. The summed E-state index contributed by atoms with van der Waals surface area (Å²) in [6.45, 7) is 22.3. The number of ether oxygens (including phenoxy) is 2. The van der Waals surface area contributed by atoms with Crippen LogP contribution in [0.3, 0.4) is 0 Å². The van der Waals surface area contributed by atoms with Crippen LogP contribution in [0.5, 0.6) is 23.0 Å². The minimum Gasteiger partial charge on any atom is -0.508 e. The number of rotatable bonds is 6. The summed E-state index contributed by atoms with van der Waals surface area (Å²) in [6.07, 6.45) is 0.873. The Morgan fingerprint density at radius 1 is 0.771 bits per heavy atom. The molecule has 0 aliphatic heterocycles. The van der Waals surface area contributed by atoms with Gasteiger partial charge in [0, 0.05) is 22.3 Å². The average molecular weight is 483 g/mol. The molecule has 6 nitrogen and oxygen atoms in total. The van der Waals surface area contributed by atoms with E-state index in [4.69, 9.17) is 9.47 Å². The molecular formula is C29H38O6. The summed E-state index contributed by atoms with van der Waals surface area (Å²) in [7, 11) is 0. The topological polar surface area (TPSA) is 93.1 Å². The molecule has 0 saturated carbocycles. The number of carbonyl (C=O) groups is 2. The van der Waals surface area contributed by atoms with E-state index in [1.807, 2.05) is 41.5 Å². The zero-order valence-electron chi connectivity index (χ0n) is 22.1. The van der Waals surface area contributed by atoms with Crippen LogP contribution in [0.4, 0.5) is 0 Å². The van der Waals surface area contributed by atoms with Crippen LogP contribution in [0, 0.1) is 0 Å². The van der Waals surface area contributed by atoms with Gasteiger partial charge < -0.3 is 19.7 Å². The summed E-state index contributed by atoms with van der Waals surface area (Å²) >= 11 is 0. The lowest BCUT2D eigenvalue weighted by molar-refractivity contribution is -0.130. The number of aromatic hydroxyl groups is 2. The Kier molecular flexibility index (Phi) is 9.89. The van der Waals surface area contributed by atoms with E-state index >= 15 is 0 Å². The first-order valence-corrected chi connectivity index (χ1v) is 11.4. The van der Waals surface area contributed by atoms with Gasteiger partial charge in [-0.25, -0.2) is 9.59 Å². The molecule has 2 aromatic rings. The molecule has 0 spiro atoms. The number of phenols is 2. The van der Waals surface area contributed by atoms with Crippen molar-refractivity contribution in [3.8, 4) is 23.0 Å². The quantitative estimate of drug-likeness (QED) is 0.269. The molecule has 0 aliphatic rings. The number of hydrogen-bond acceptors (Lipinski definition) is 6. The van der Waals surface area contributed by atoms with Gasteiger partial charge in [0.15, 0.2) is 0 Å². The smallest absolute Gasteiger partial charge is 0.338 e. The van der Waals surface area contributed by atoms with Gasteiger partial charge in [-0.2, -0.15) is 0 Å². The molecular weight excluding hydrogens is 444 g/mol. The Balaban J connectivity index is 0.000000351. The van der Waals surface area contributed by atoms with Crippen molar-refractivity contribution in [3.05, 3.63) is 71.8 Å². The van der Waals surface area contributed by atoms with E-state index in [9.17, 15) is 19.8 Å². The van der Waals surface area contributed by atoms with Gasteiger partial charge in [0.1, 0.15) is 23.0 Å². The second-order valence-electron chi connectivity index (χ2n) is 10.2. The van der Waals surface area contributed by atoms with E-state index in [1.165, 1.54) is 6.07 Å². The first-order valence-electron chi connectivity index (χ1n) is 11.4. The summed E-state index contributed by atoms with van der Waals surface area (Å²) in [5.41, 5.74) is 1.82. The van der Waals surface area contributed by atoms with E-state index in [1.54, 1.807) is 44.2 Å². The lowest BCUT2D eigenvalue weighted by Crippen LogP contribution is -2.16. The van der Waals surface area contributed by atoms with Gasteiger partial charge >= 0.3 is 11.9 Å². The minimum absolute atomic E-state index is 0.171.